The topological polar surface area (TPSA) is 89.8 Å². The molecule has 5 heteroatoms. The Balaban J connectivity index is 3.56. The number of carbonyl (C=O) groups is 1. The van der Waals surface area contributed by atoms with Crippen molar-refractivity contribution in [1.29, 1.82) is 0 Å². The average molecular weight is 846 g/mol. The summed E-state index contributed by atoms with van der Waals surface area (Å²) in [4.78, 5) is 12.5. The van der Waals surface area contributed by atoms with Crippen molar-refractivity contribution in [2.24, 2.45) is 0 Å². The van der Waals surface area contributed by atoms with E-state index in [1.165, 1.54) is 231 Å². The normalized spacial score (nSPS) is 13.5. The molecule has 0 aromatic rings. The lowest BCUT2D eigenvalue weighted by molar-refractivity contribution is -0.125. The number of nitrogens with one attached hydrogen (secondary N) is 1. The van der Waals surface area contributed by atoms with Crippen LogP contribution >= 0.6 is 0 Å². The van der Waals surface area contributed by atoms with E-state index in [4.69, 9.17) is 0 Å². The van der Waals surface area contributed by atoms with Gasteiger partial charge in [-0.25, -0.2) is 0 Å². The van der Waals surface area contributed by atoms with E-state index in [2.05, 4.69) is 43.5 Å². The Kier molecular flexibility index (Phi) is 49.5. The molecule has 0 aliphatic carbocycles. The minimum absolute atomic E-state index is 0.0355. The fourth-order valence-electron chi connectivity index (χ4n) is 8.61. The summed E-state index contributed by atoms with van der Waals surface area (Å²) in [6.45, 7) is 4.29. The summed E-state index contributed by atoms with van der Waals surface area (Å²) in [6, 6.07) is -0.659. The van der Waals surface area contributed by atoms with Crippen LogP contribution in [0.1, 0.15) is 296 Å². The number of carbonyl (C=O) groups excluding carboxylic acids is 1. The van der Waals surface area contributed by atoms with Gasteiger partial charge in [-0.05, 0) is 44.9 Å². The first kappa shape index (κ1) is 58.8. The van der Waals surface area contributed by atoms with Gasteiger partial charge in [-0.15, -0.1) is 0 Å². The number of aliphatic hydroxyl groups excluding tert-OH is 3. The molecule has 5 nitrogen and oxygen atoms in total. The molecule has 60 heavy (non-hydrogen) atoms. The minimum Gasteiger partial charge on any atom is -0.394 e. The lowest BCUT2D eigenvalue weighted by Crippen LogP contribution is -2.46. The molecular formula is C55H107NO4. The van der Waals surface area contributed by atoms with E-state index in [1.807, 2.05) is 0 Å². The molecule has 0 heterocycles. The highest BCUT2D eigenvalue weighted by Gasteiger charge is 2.21. The zero-order valence-electron chi connectivity index (χ0n) is 40.6. The minimum atomic E-state index is -0.750. The van der Waals surface area contributed by atoms with Gasteiger partial charge in [0.15, 0.2) is 0 Å². The second-order valence-electron chi connectivity index (χ2n) is 18.8. The molecule has 0 spiro atoms. The third-order valence-corrected chi connectivity index (χ3v) is 12.8. The zero-order chi connectivity index (χ0) is 43.7. The van der Waals surface area contributed by atoms with Crippen LogP contribution in [0.3, 0.4) is 0 Å². The van der Waals surface area contributed by atoms with Gasteiger partial charge in [0.2, 0.25) is 5.91 Å². The van der Waals surface area contributed by atoms with Gasteiger partial charge in [-0.1, -0.05) is 269 Å². The maximum Gasteiger partial charge on any atom is 0.222 e. The van der Waals surface area contributed by atoms with Crippen LogP contribution in [0.2, 0.25) is 0 Å². The number of amides is 1. The molecule has 3 atom stereocenters. The van der Waals surface area contributed by atoms with E-state index in [-0.39, 0.29) is 18.9 Å². The Morgan fingerprint density at radius 1 is 0.417 bits per heavy atom. The van der Waals surface area contributed by atoms with Crippen molar-refractivity contribution < 1.29 is 20.1 Å². The Hall–Kier alpha value is -1.17. The van der Waals surface area contributed by atoms with E-state index in [0.29, 0.717) is 12.8 Å². The number of hydrogen-bond donors (Lipinski definition) is 4. The van der Waals surface area contributed by atoms with Gasteiger partial charge in [-0.2, -0.15) is 0 Å². The summed E-state index contributed by atoms with van der Waals surface area (Å²) in [5.74, 6) is -0.281. The van der Waals surface area contributed by atoms with Gasteiger partial charge in [0.25, 0.3) is 0 Å². The van der Waals surface area contributed by atoms with Gasteiger partial charge in [0, 0.05) is 0 Å². The standard InChI is InChI=1S/C55H107NO4/c1-3-5-7-9-11-13-15-17-19-21-23-25-26-27-28-29-30-32-34-36-38-40-42-44-46-48-52(58)50-55(60)56-53(51-57)54(59)49-47-45-43-41-39-37-35-33-31-24-22-20-18-16-14-12-10-8-6-4-2/h23,25,27-28,52-54,57-59H,3-22,24,26,29-51H2,1-2H3,(H,56,60)/b25-23-,28-27-. The molecule has 4 N–H and O–H groups in total. The van der Waals surface area contributed by atoms with Crippen LogP contribution in [0.4, 0.5) is 0 Å². The fraction of sp³-hybridized carbons (Fsp3) is 0.909. The molecule has 0 radical (unpaired) electrons. The molecule has 1 amide bonds. The Morgan fingerprint density at radius 2 is 0.717 bits per heavy atom. The summed E-state index contributed by atoms with van der Waals surface area (Å²) < 4.78 is 0. The van der Waals surface area contributed by atoms with E-state index in [0.717, 1.165) is 32.1 Å². The van der Waals surface area contributed by atoms with Crippen molar-refractivity contribution >= 4 is 5.91 Å². The number of aliphatic hydroxyl groups is 3. The van der Waals surface area contributed by atoms with Crippen LogP contribution in [0.25, 0.3) is 0 Å². The molecular weight excluding hydrogens is 739 g/mol. The summed E-state index contributed by atoms with van der Waals surface area (Å²) >= 11 is 0. The van der Waals surface area contributed by atoms with Gasteiger partial charge >= 0.3 is 0 Å². The monoisotopic (exact) mass is 846 g/mol. The molecule has 0 saturated heterocycles. The number of allylic oxidation sites excluding steroid dienone is 4. The highest BCUT2D eigenvalue weighted by Crippen LogP contribution is 2.17. The quantitative estimate of drug-likeness (QED) is 0.0363. The molecule has 356 valence electrons. The van der Waals surface area contributed by atoms with Crippen molar-refractivity contribution in [1.82, 2.24) is 5.32 Å². The largest absolute Gasteiger partial charge is 0.394 e. The third kappa shape index (κ3) is 46.3. The van der Waals surface area contributed by atoms with Crippen LogP contribution in [0, 0.1) is 0 Å². The molecule has 3 unspecified atom stereocenters. The van der Waals surface area contributed by atoms with Crippen molar-refractivity contribution in [2.75, 3.05) is 6.61 Å². The lowest BCUT2D eigenvalue weighted by atomic mass is 10.0. The van der Waals surface area contributed by atoms with E-state index >= 15 is 0 Å². The van der Waals surface area contributed by atoms with Crippen LogP contribution < -0.4 is 5.32 Å². The van der Waals surface area contributed by atoms with Gasteiger partial charge < -0.3 is 20.6 Å². The smallest absolute Gasteiger partial charge is 0.222 e. The predicted molar refractivity (Wildman–Crippen MR) is 264 cm³/mol. The maximum atomic E-state index is 12.5. The second kappa shape index (κ2) is 50.5. The SMILES string of the molecule is CCCCCCCCCCC/C=C\C/C=C\CCCCCCCCCCCC(O)CC(=O)NC(CO)C(O)CCCCCCCCCCCCCCCCCCCCCC. The molecule has 0 aliphatic heterocycles. The van der Waals surface area contributed by atoms with E-state index in [1.54, 1.807) is 0 Å². The van der Waals surface area contributed by atoms with Crippen molar-refractivity contribution in [3.63, 3.8) is 0 Å². The summed E-state index contributed by atoms with van der Waals surface area (Å²) in [7, 11) is 0. The van der Waals surface area contributed by atoms with Crippen LogP contribution in [0.5, 0.6) is 0 Å². The Bertz CT molecular complexity index is 890. The molecule has 0 bridgehead atoms. The van der Waals surface area contributed by atoms with Gasteiger partial charge in [0.1, 0.15) is 0 Å². The summed E-state index contributed by atoms with van der Waals surface area (Å²) in [6.07, 6.45) is 63.2. The van der Waals surface area contributed by atoms with Crippen LogP contribution in [0.15, 0.2) is 24.3 Å². The molecule has 0 saturated carbocycles. The van der Waals surface area contributed by atoms with Crippen molar-refractivity contribution in [3.8, 4) is 0 Å². The molecule has 0 fully saturated rings. The zero-order valence-corrected chi connectivity index (χ0v) is 40.6. The maximum absolute atomic E-state index is 12.5. The average Bonchev–Trinajstić information content (AvgIpc) is 3.24. The second-order valence-corrected chi connectivity index (χ2v) is 18.8. The molecule has 0 aromatic carbocycles. The van der Waals surface area contributed by atoms with Gasteiger partial charge in [-0.3, -0.25) is 4.79 Å². The van der Waals surface area contributed by atoms with Crippen LogP contribution in [-0.4, -0.2) is 46.1 Å². The first-order valence-electron chi connectivity index (χ1n) is 27.1. The first-order valence-corrected chi connectivity index (χ1v) is 27.1. The predicted octanol–water partition coefficient (Wildman–Crippen LogP) is 16.5. The highest BCUT2D eigenvalue weighted by atomic mass is 16.3. The first-order chi connectivity index (χ1) is 29.5. The Labute approximate surface area is 375 Å². The highest BCUT2D eigenvalue weighted by molar-refractivity contribution is 5.76. The van der Waals surface area contributed by atoms with Crippen molar-refractivity contribution in [2.45, 2.75) is 315 Å². The number of hydrogen-bond acceptors (Lipinski definition) is 4. The lowest BCUT2D eigenvalue weighted by Gasteiger charge is -2.23. The van der Waals surface area contributed by atoms with E-state index in [9.17, 15) is 20.1 Å². The third-order valence-electron chi connectivity index (χ3n) is 12.8. The number of unbranched alkanes of at least 4 members (excludes halogenated alkanes) is 37. The van der Waals surface area contributed by atoms with Crippen molar-refractivity contribution in [3.05, 3.63) is 24.3 Å². The molecule has 0 aliphatic rings. The van der Waals surface area contributed by atoms with E-state index < -0.39 is 18.2 Å². The molecule has 0 rings (SSSR count). The fourth-order valence-corrected chi connectivity index (χ4v) is 8.61. The number of rotatable bonds is 50. The van der Waals surface area contributed by atoms with Crippen LogP contribution in [-0.2, 0) is 4.79 Å². The summed E-state index contributed by atoms with van der Waals surface area (Å²) in [5, 5.41) is 33.6. The van der Waals surface area contributed by atoms with Gasteiger partial charge in [0.05, 0.1) is 31.3 Å². The molecule has 0 aromatic heterocycles. The summed E-state index contributed by atoms with van der Waals surface area (Å²) in [5.41, 5.74) is 0. The Morgan fingerprint density at radius 3 is 1.05 bits per heavy atom.